The maximum atomic E-state index is 15.3. The molecule has 6 rings (SSSR count). The number of nitrogens with two attached hydrogens (primary N) is 1. The molecule has 4 atom stereocenters. The van der Waals surface area contributed by atoms with E-state index in [0.717, 1.165) is 24.8 Å². The molecule has 2 aliphatic carbocycles. The minimum absolute atomic E-state index is 0.0116. The topological polar surface area (TPSA) is 115 Å². The molecule has 0 spiro atoms. The molecule has 3 aromatic heterocycles. The summed E-state index contributed by atoms with van der Waals surface area (Å²) in [6, 6.07) is 7.59. The summed E-state index contributed by atoms with van der Waals surface area (Å²) < 4.78 is 56.8. The molecule has 3 N–H and O–H groups in total. The molecule has 4 unspecified atom stereocenters. The molecule has 2 fully saturated rings. The van der Waals surface area contributed by atoms with Gasteiger partial charge in [0.15, 0.2) is 9.84 Å². The maximum Gasteiger partial charge on any atom is 0.229 e. The number of fused-ring (bicyclic) bond motifs is 1. The fourth-order valence-corrected chi connectivity index (χ4v) is 8.51. The Bertz CT molecular complexity index is 1700. The molecule has 41 heavy (non-hydrogen) atoms. The third-order valence-electron chi connectivity index (χ3n) is 9.07. The Hall–Kier alpha value is -3.44. The van der Waals surface area contributed by atoms with E-state index in [2.05, 4.69) is 20.4 Å². The number of sulfone groups is 1. The van der Waals surface area contributed by atoms with Crippen LogP contribution in [0.4, 0.5) is 20.4 Å². The number of halogens is 2. The van der Waals surface area contributed by atoms with Crippen molar-refractivity contribution in [3.8, 4) is 11.3 Å². The van der Waals surface area contributed by atoms with Gasteiger partial charge in [0.1, 0.15) is 11.6 Å². The van der Waals surface area contributed by atoms with E-state index < -0.39 is 32.8 Å². The zero-order valence-electron chi connectivity index (χ0n) is 23.3. The second kappa shape index (κ2) is 10.1. The summed E-state index contributed by atoms with van der Waals surface area (Å²) in [6.45, 7) is 3.97. The molecule has 0 radical (unpaired) electrons. The van der Waals surface area contributed by atoms with Gasteiger partial charge in [0.05, 0.1) is 40.1 Å². The molecule has 0 bridgehead atoms. The molecule has 0 amide bonds. The van der Waals surface area contributed by atoms with E-state index >= 15 is 8.78 Å². The summed E-state index contributed by atoms with van der Waals surface area (Å²) in [5, 5.41) is 7.27. The van der Waals surface area contributed by atoms with E-state index in [0.29, 0.717) is 35.6 Å². The van der Waals surface area contributed by atoms with Crippen molar-refractivity contribution in [3.05, 3.63) is 71.7 Å². The number of pyridine rings is 1. The normalized spacial score (nSPS) is 24.2. The fourth-order valence-electron chi connectivity index (χ4n) is 6.81. The largest absolute Gasteiger partial charge is 0.326 e. The van der Waals surface area contributed by atoms with Crippen molar-refractivity contribution in [1.29, 1.82) is 0 Å². The number of hydrogen-bond acceptors (Lipinski definition) is 7. The lowest BCUT2D eigenvalue weighted by atomic mass is 9.66. The van der Waals surface area contributed by atoms with Crippen molar-refractivity contribution in [2.75, 3.05) is 11.6 Å². The summed E-state index contributed by atoms with van der Waals surface area (Å²) in [5.41, 5.74) is 9.13. The quantitative estimate of drug-likeness (QED) is 0.309. The average molecular weight is 581 g/mol. The van der Waals surface area contributed by atoms with Gasteiger partial charge in [-0.05, 0) is 84.4 Å². The summed E-state index contributed by atoms with van der Waals surface area (Å²) in [5.74, 6) is -1.02. The first-order valence-corrected chi connectivity index (χ1v) is 15.9. The van der Waals surface area contributed by atoms with Crippen molar-refractivity contribution < 1.29 is 17.2 Å². The van der Waals surface area contributed by atoms with Crippen LogP contribution in [0.1, 0.15) is 63.0 Å². The van der Waals surface area contributed by atoms with Gasteiger partial charge < -0.3 is 11.1 Å². The van der Waals surface area contributed by atoms with Crippen LogP contribution in [-0.2, 0) is 15.3 Å². The number of rotatable bonds is 6. The Kier molecular flexibility index (Phi) is 6.85. The van der Waals surface area contributed by atoms with Crippen molar-refractivity contribution in [2.24, 2.45) is 11.7 Å². The second-order valence-electron chi connectivity index (χ2n) is 12.1. The molecule has 1 aromatic carbocycles. The molecule has 2 saturated carbocycles. The van der Waals surface area contributed by atoms with Crippen LogP contribution in [0, 0.1) is 17.6 Å². The Morgan fingerprint density at radius 3 is 2.46 bits per heavy atom. The third kappa shape index (κ3) is 4.99. The van der Waals surface area contributed by atoms with E-state index in [4.69, 9.17) is 5.73 Å². The molecular weight excluding hydrogens is 546 g/mol. The minimum atomic E-state index is -3.27. The Morgan fingerprint density at radius 2 is 1.83 bits per heavy atom. The Morgan fingerprint density at radius 1 is 1.10 bits per heavy atom. The first-order chi connectivity index (χ1) is 19.4. The van der Waals surface area contributed by atoms with Gasteiger partial charge in [-0.25, -0.2) is 22.2 Å². The number of benzene rings is 1. The van der Waals surface area contributed by atoms with E-state index in [1.165, 1.54) is 22.9 Å². The van der Waals surface area contributed by atoms with Gasteiger partial charge in [-0.3, -0.25) is 4.98 Å². The van der Waals surface area contributed by atoms with Crippen molar-refractivity contribution in [3.63, 3.8) is 0 Å². The van der Waals surface area contributed by atoms with Gasteiger partial charge in [0, 0.05) is 18.5 Å². The zero-order chi connectivity index (χ0) is 29.1. The SMILES string of the molecule is CC1CC(c2ccncc2Nc2ncc3ccc(-c4c(F)cc(C5(C)CCC5)cc4F)nn23)CC(N)C1S(C)(=O)=O. The predicted octanol–water partition coefficient (Wildman–Crippen LogP) is 5.51. The van der Waals surface area contributed by atoms with E-state index in [9.17, 15) is 8.42 Å². The van der Waals surface area contributed by atoms with Crippen molar-refractivity contribution in [2.45, 2.75) is 68.6 Å². The van der Waals surface area contributed by atoms with Crippen LogP contribution in [0.15, 0.2) is 48.9 Å². The number of aromatic nitrogens is 4. The molecule has 0 saturated heterocycles. The molecule has 8 nitrogen and oxygen atoms in total. The molecule has 0 aliphatic heterocycles. The summed E-state index contributed by atoms with van der Waals surface area (Å²) in [6.07, 6.45) is 10.3. The summed E-state index contributed by atoms with van der Waals surface area (Å²) >= 11 is 0. The first-order valence-electron chi connectivity index (χ1n) is 13.9. The number of imidazole rings is 1. The van der Waals surface area contributed by atoms with Gasteiger partial charge in [-0.2, -0.15) is 9.61 Å². The Labute approximate surface area is 238 Å². The predicted molar refractivity (Wildman–Crippen MR) is 155 cm³/mol. The maximum absolute atomic E-state index is 15.3. The molecule has 216 valence electrons. The highest BCUT2D eigenvalue weighted by Gasteiger charge is 2.40. The smallest absolute Gasteiger partial charge is 0.229 e. The standard InChI is InChI=1S/C30H34F2N6O2S/c1-17-11-18(12-24(33)28(17)41(3,39)40)21-7-10-34-16-26(21)36-29-35-15-20-5-6-25(37-38(20)29)27-22(31)13-19(14-23(27)32)30(2)8-4-9-30/h5-7,10,13-18,24,28H,4,8-9,11-12,33H2,1-3H3,(H,35,36). The lowest BCUT2D eigenvalue weighted by molar-refractivity contribution is 0.270. The highest BCUT2D eigenvalue weighted by molar-refractivity contribution is 7.91. The molecule has 2 aliphatic rings. The first kappa shape index (κ1) is 27.7. The van der Waals surface area contributed by atoms with Crippen LogP contribution in [0.3, 0.4) is 0 Å². The van der Waals surface area contributed by atoms with Crippen LogP contribution < -0.4 is 11.1 Å². The lowest BCUT2D eigenvalue weighted by Gasteiger charge is -2.39. The van der Waals surface area contributed by atoms with Gasteiger partial charge in [-0.1, -0.05) is 20.3 Å². The van der Waals surface area contributed by atoms with Crippen LogP contribution in [-0.4, -0.2) is 45.5 Å². The van der Waals surface area contributed by atoms with Gasteiger partial charge >= 0.3 is 0 Å². The number of nitrogens with one attached hydrogen (secondary N) is 1. The van der Waals surface area contributed by atoms with Crippen LogP contribution >= 0.6 is 0 Å². The van der Waals surface area contributed by atoms with E-state index in [1.807, 2.05) is 19.9 Å². The third-order valence-corrected chi connectivity index (χ3v) is 10.9. The highest BCUT2D eigenvalue weighted by Crippen LogP contribution is 2.45. The number of hydrogen-bond donors (Lipinski definition) is 2. The van der Waals surface area contributed by atoms with Gasteiger partial charge in [0.2, 0.25) is 5.95 Å². The van der Waals surface area contributed by atoms with Crippen LogP contribution in [0.25, 0.3) is 16.8 Å². The molecular formula is C30H34F2N6O2S. The lowest BCUT2D eigenvalue weighted by Crippen LogP contribution is -2.48. The van der Waals surface area contributed by atoms with Crippen LogP contribution in [0.2, 0.25) is 0 Å². The van der Waals surface area contributed by atoms with Gasteiger partial charge in [0.25, 0.3) is 0 Å². The monoisotopic (exact) mass is 580 g/mol. The van der Waals surface area contributed by atoms with E-state index in [-0.39, 0.29) is 28.5 Å². The molecule has 4 aromatic rings. The number of nitrogens with zero attached hydrogens (tertiary/aromatic N) is 4. The van der Waals surface area contributed by atoms with Crippen LogP contribution in [0.5, 0.6) is 0 Å². The zero-order valence-corrected chi connectivity index (χ0v) is 24.1. The average Bonchev–Trinajstić information content (AvgIpc) is 3.28. The molecule has 11 heteroatoms. The Balaban J connectivity index is 1.32. The number of anilines is 2. The van der Waals surface area contributed by atoms with E-state index in [1.54, 1.807) is 30.7 Å². The fraction of sp³-hybridized carbons (Fsp3) is 0.433. The summed E-state index contributed by atoms with van der Waals surface area (Å²) in [7, 11) is -3.27. The van der Waals surface area contributed by atoms with Crippen molar-refractivity contribution >= 4 is 27.0 Å². The van der Waals surface area contributed by atoms with Gasteiger partial charge in [-0.15, -0.1) is 0 Å². The van der Waals surface area contributed by atoms with Crippen molar-refractivity contribution in [1.82, 2.24) is 19.6 Å². The summed E-state index contributed by atoms with van der Waals surface area (Å²) in [4.78, 5) is 8.74. The highest BCUT2D eigenvalue weighted by atomic mass is 32.2. The molecule has 3 heterocycles. The minimum Gasteiger partial charge on any atom is -0.326 e. The second-order valence-corrected chi connectivity index (χ2v) is 14.3.